The molecule has 0 radical (unpaired) electrons. The van der Waals surface area contributed by atoms with Crippen molar-refractivity contribution in [1.29, 1.82) is 0 Å². The van der Waals surface area contributed by atoms with E-state index < -0.39 is 11.8 Å². The zero-order valence-electron chi connectivity index (χ0n) is 15.2. The van der Waals surface area contributed by atoms with Gasteiger partial charge in [-0.2, -0.15) is 0 Å². The lowest BCUT2D eigenvalue weighted by atomic mass is 10.1. The summed E-state index contributed by atoms with van der Waals surface area (Å²) < 4.78 is 0. The Morgan fingerprint density at radius 3 is 2.54 bits per heavy atom. The van der Waals surface area contributed by atoms with Gasteiger partial charge in [-0.05, 0) is 42.7 Å². The molecule has 6 heteroatoms. The molecule has 1 fully saturated rings. The molecule has 0 aliphatic carbocycles. The van der Waals surface area contributed by atoms with Gasteiger partial charge >= 0.3 is 11.8 Å². The quantitative estimate of drug-likeness (QED) is 0.854. The second-order valence-electron chi connectivity index (χ2n) is 6.54. The number of nitrogens with one attached hydrogen (secondary N) is 1. The number of piperazine rings is 1. The van der Waals surface area contributed by atoms with E-state index >= 15 is 0 Å². The largest absolute Gasteiger partial charge is 0.368 e. The van der Waals surface area contributed by atoms with Gasteiger partial charge in [0.25, 0.3) is 0 Å². The van der Waals surface area contributed by atoms with Crippen LogP contribution in [0.3, 0.4) is 0 Å². The van der Waals surface area contributed by atoms with E-state index in [1.807, 2.05) is 6.07 Å². The number of amides is 2. The number of anilines is 1. The molecule has 26 heavy (non-hydrogen) atoms. The van der Waals surface area contributed by atoms with Crippen molar-refractivity contribution in [3.63, 3.8) is 0 Å². The first-order valence-corrected chi connectivity index (χ1v) is 8.83. The van der Waals surface area contributed by atoms with Crippen LogP contribution in [0.1, 0.15) is 16.7 Å². The maximum atomic E-state index is 12.4. The summed E-state index contributed by atoms with van der Waals surface area (Å²) in [4.78, 5) is 32.4. The molecule has 2 aromatic rings. The number of aryl methyl sites for hydroxylation is 1. The van der Waals surface area contributed by atoms with Gasteiger partial charge < -0.3 is 15.1 Å². The van der Waals surface area contributed by atoms with Crippen LogP contribution in [0, 0.1) is 13.8 Å². The zero-order chi connectivity index (χ0) is 18.5. The number of hydrogen-bond acceptors (Lipinski definition) is 4. The lowest BCUT2D eigenvalue weighted by Crippen LogP contribution is -2.52. The number of carbonyl (C=O) groups is 2. The monoisotopic (exact) mass is 352 g/mol. The Hall–Kier alpha value is -2.89. The molecule has 3 rings (SSSR count). The van der Waals surface area contributed by atoms with Crippen LogP contribution in [0.15, 0.2) is 42.7 Å². The molecule has 1 saturated heterocycles. The first kappa shape index (κ1) is 17.9. The molecule has 2 amide bonds. The number of nitrogens with zero attached hydrogens (tertiary/aromatic N) is 3. The second kappa shape index (κ2) is 7.99. The molecule has 136 valence electrons. The lowest BCUT2D eigenvalue weighted by molar-refractivity contribution is -0.146. The maximum Gasteiger partial charge on any atom is 0.312 e. The Balaban J connectivity index is 1.53. The number of pyridine rings is 1. The summed E-state index contributed by atoms with van der Waals surface area (Å²) in [5.41, 5.74) is 4.60. The Morgan fingerprint density at radius 1 is 1.08 bits per heavy atom. The van der Waals surface area contributed by atoms with Gasteiger partial charge in [0.2, 0.25) is 0 Å². The highest BCUT2D eigenvalue weighted by Crippen LogP contribution is 2.23. The number of carbonyl (C=O) groups excluding carboxylic acids is 2. The van der Waals surface area contributed by atoms with Crippen LogP contribution in [0.5, 0.6) is 0 Å². The topological polar surface area (TPSA) is 65.5 Å². The van der Waals surface area contributed by atoms with E-state index in [1.54, 1.807) is 23.4 Å². The van der Waals surface area contributed by atoms with Crippen LogP contribution >= 0.6 is 0 Å². The molecule has 1 N–H and O–H groups in total. The smallest absolute Gasteiger partial charge is 0.312 e. The second-order valence-corrected chi connectivity index (χ2v) is 6.54. The predicted octanol–water partition coefficient (Wildman–Crippen LogP) is 1.66. The summed E-state index contributed by atoms with van der Waals surface area (Å²) >= 11 is 0. The van der Waals surface area contributed by atoms with Gasteiger partial charge in [0, 0.05) is 50.8 Å². The molecule has 1 aliphatic heterocycles. The molecule has 6 nitrogen and oxygen atoms in total. The summed E-state index contributed by atoms with van der Waals surface area (Å²) in [6.45, 7) is 7.08. The molecule has 0 unspecified atom stereocenters. The number of hydrogen-bond donors (Lipinski definition) is 1. The normalized spacial score (nSPS) is 14.2. The van der Waals surface area contributed by atoms with Crippen LogP contribution < -0.4 is 10.2 Å². The first-order valence-electron chi connectivity index (χ1n) is 8.83. The standard InChI is InChI=1S/C20H24N4O2/c1-15-5-3-7-18(16(15)2)23-9-11-24(12-10-23)20(26)19(25)22-14-17-6-4-8-21-13-17/h3-8,13H,9-12,14H2,1-2H3,(H,22,25). The molecule has 1 aromatic carbocycles. The SMILES string of the molecule is Cc1cccc(N2CCN(C(=O)C(=O)NCc3cccnc3)CC2)c1C. The van der Waals surface area contributed by atoms with E-state index in [0.29, 0.717) is 19.6 Å². The molecule has 1 aromatic heterocycles. The fraction of sp³-hybridized carbons (Fsp3) is 0.350. The average molecular weight is 352 g/mol. The molecular formula is C20H24N4O2. The van der Waals surface area contributed by atoms with Crippen LogP contribution in [-0.4, -0.2) is 47.9 Å². The van der Waals surface area contributed by atoms with Crippen molar-refractivity contribution in [2.75, 3.05) is 31.1 Å². The minimum Gasteiger partial charge on any atom is -0.368 e. The van der Waals surface area contributed by atoms with Crippen molar-refractivity contribution in [1.82, 2.24) is 15.2 Å². The summed E-state index contributed by atoms with van der Waals surface area (Å²) in [5.74, 6) is -1.02. The Labute approximate surface area is 153 Å². The van der Waals surface area contributed by atoms with Crippen molar-refractivity contribution < 1.29 is 9.59 Å². The molecule has 0 bridgehead atoms. The fourth-order valence-electron chi connectivity index (χ4n) is 3.13. The zero-order valence-corrected chi connectivity index (χ0v) is 15.2. The first-order chi connectivity index (χ1) is 12.6. The van der Waals surface area contributed by atoms with Crippen LogP contribution in [0.2, 0.25) is 0 Å². The number of rotatable bonds is 3. The van der Waals surface area contributed by atoms with Crippen molar-refractivity contribution in [3.05, 3.63) is 59.4 Å². The summed E-state index contributed by atoms with van der Waals surface area (Å²) in [7, 11) is 0. The molecule has 0 saturated carbocycles. The molecule has 2 heterocycles. The van der Waals surface area contributed by atoms with E-state index in [2.05, 4.69) is 47.2 Å². The van der Waals surface area contributed by atoms with Crippen molar-refractivity contribution >= 4 is 17.5 Å². The summed E-state index contributed by atoms with van der Waals surface area (Å²) in [5, 5.41) is 2.67. The van der Waals surface area contributed by atoms with E-state index in [1.165, 1.54) is 16.8 Å². The predicted molar refractivity (Wildman–Crippen MR) is 101 cm³/mol. The Bertz CT molecular complexity index is 784. The molecule has 1 aliphatic rings. The minimum absolute atomic E-state index is 0.306. The van der Waals surface area contributed by atoms with Gasteiger partial charge in [-0.15, -0.1) is 0 Å². The van der Waals surface area contributed by atoms with Gasteiger partial charge in [-0.3, -0.25) is 14.6 Å². The van der Waals surface area contributed by atoms with E-state index in [4.69, 9.17) is 0 Å². The molecular weight excluding hydrogens is 328 g/mol. The van der Waals surface area contributed by atoms with Crippen molar-refractivity contribution in [2.45, 2.75) is 20.4 Å². The fourth-order valence-corrected chi connectivity index (χ4v) is 3.13. The lowest BCUT2D eigenvalue weighted by Gasteiger charge is -2.36. The summed E-state index contributed by atoms with van der Waals surface area (Å²) in [6, 6.07) is 9.93. The highest BCUT2D eigenvalue weighted by atomic mass is 16.2. The highest BCUT2D eigenvalue weighted by Gasteiger charge is 2.26. The molecule has 0 spiro atoms. The summed E-state index contributed by atoms with van der Waals surface area (Å²) in [6.07, 6.45) is 3.35. The van der Waals surface area contributed by atoms with Crippen LogP contribution in [0.4, 0.5) is 5.69 Å². The third-order valence-electron chi connectivity index (χ3n) is 4.85. The van der Waals surface area contributed by atoms with Crippen molar-refractivity contribution in [2.24, 2.45) is 0 Å². The minimum atomic E-state index is -0.561. The Kier molecular flexibility index (Phi) is 5.51. The highest BCUT2D eigenvalue weighted by molar-refractivity contribution is 6.35. The average Bonchev–Trinajstić information content (AvgIpc) is 2.68. The van der Waals surface area contributed by atoms with Gasteiger partial charge in [-0.25, -0.2) is 0 Å². The van der Waals surface area contributed by atoms with Crippen LogP contribution in [0.25, 0.3) is 0 Å². The van der Waals surface area contributed by atoms with Gasteiger partial charge in [0.1, 0.15) is 0 Å². The van der Waals surface area contributed by atoms with Gasteiger partial charge in [0.05, 0.1) is 0 Å². The van der Waals surface area contributed by atoms with E-state index in [0.717, 1.165) is 18.7 Å². The van der Waals surface area contributed by atoms with Gasteiger partial charge in [0.15, 0.2) is 0 Å². The Morgan fingerprint density at radius 2 is 1.85 bits per heavy atom. The third kappa shape index (κ3) is 4.02. The van der Waals surface area contributed by atoms with E-state index in [-0.39, 0.29) is 0 Å². The molecule has 0 atom stereocenters. The third-order valence-corrected chi connectivity index (χ3v) is 4.85. The number of aromatic nitrogens is 1. The van der Waals surface area contributed by atoms with Crippen molar-refractivity contribution in [3.8, 4) is 0 Å². The number of benzene rings is 1. The van der Waals surface area contributed by atoms with E-state index in [9.17, 15) is 9.59 Å². The van der Waals surface area contributed by atoms with Crippen LogP contribution in [-0.2, 0) is 16.1 Å². The van der Waals surface area contributed by atoms with Gasteiger partial charge in [-0.1, -0.05) is 18.2 Å². The maximum absolute atomic E-state index is 12.4.